The van der Waals surface area contributed by atoms with Crippen molar-refractivity contribution in [2.75, 3.05) is 18.5 Å². The predicted octanol–water partition coefficient (Wildman–Crippen LogP) is 4.71. The van der Waals surface area contributed by atoms with E-state index in [0.717, 1.165) is 17.8 Å². The number of hydrogen-bond acceptors (Lipinski definition) is 5. The zero-order valence-electron chi connectivity index (χ0n) is 15.7. The molecule has 2 aliphatic rings. The number of anilines is 2. The molecule has 0 radical (unpaired) electrons. The molecular formula is C20H24F3NO4. The summed E-state index contributed by atoms with van der Waals surface area (Å²) in [6.07, 6.45) is -5.04. The molecule has 2 aromatic rings. The Morgan fingerprint density at radius 1 is 0.964 bits per heavy atom. The van der Waals surface area contributed by atoms with Crippen molar-refractivity contribution in [1.29, 1.82) is 0 Å². The van der Waals surface area contributed by atoms with Crippen LogP contribution in [0.15, 0.2) is 42.5 Å². The van der Waals surface area contributed by atoms with E-state index in [1.807, 2.05) is 19.9 Å². The van der Waals surface area contributed by atoms with Crippen LogP contribution in [-0.4, -0.2) is 35.6 Å². The van der Waals surface area contributed by atoms with Crippen LogP contribution in [-0.2, 0) is 10.9 Å². The first-order valence-corrected chi connectivity index (χ1v) is 9.03. The van der Waals surface area contributed by atoms with Crippen molar-refractivity contribution in [2.45, 2.75) is 38.7 Å². The maximum absolute atomic E-state index is 12.6. The van der Waals surface area contributed by atoms with Gasteiger partial charge >= 0.3 is 6.18 Å². The second-order valence-corrected chi connectivity index (χ2v) is 5.93. The Kier molecular flexibility index (Phi) is 7.68. The number of aliphatic hydroxyl groups excluding tert-OH is 2. The highest BCUT2D eigenvalue weighted by Gasteiger charge is 2.32. The lowest BCUT2D eigenvalue weighted by Crippen LogP contribution is -2.36. The standard InChI is InChI=1S/C13H8F3NO.C5H10O3.C2H6/c14-13(15,16)8-5-6-10-12(7-8)18-11-4-2-1-3-9(11)17-10;6-4-1-2-8-3-5(4)7;1-2/h1-7,17H;4-7H,1-3H2;1-2H3. The highest BCUT2D eigenvalue weighted by atomic mass is 19.4. The summed E-state index contributed by atoms with van der Waals surface area (Å²) in [5.74, 6) is 0.702. The topological polar surface area (TPSA) is 71.0 Å². The van der Waals surface area contributed by atoms with Crippen LogP contribution < -0.4 is 10.1 Å². The van der Waals surface area contributed by atoms with E-state index >= 15 is 0 Å². The van der Waals surface area contributed by atoms with Crippen molar-refractivity contribution in [2.24, 2.45) is 0 Å². The molecule has 2 aromatic carbocycles. The van der Waals surface area contributed by atoms with Gasteiger partial charge in [0, 0.05) is 6.61 Å². The fourth-order valence-electron chi connectivity index (χ4n) is 2.52. The summed E-state index contributed by atoms with van der Waals surface area (Å²) in [7, 11) is 0. The summed E-state index contributed by atoms with van der Waals surface area (Å²) in [6.45, 7) is 4.85. The molecule has 8 heteroatoms. The van der Waals surface area contributed by atoms with Gasteiger partial charge in [0.2, 0.25) is 0 Å². The van der Waals surface area contributed by atoms with E-state index in [1.165, 1.54) is 6.07 Å². The predicted molar refractivity (Wildman–Crippen MR) is 100 cm³/mol. The zero-order chi connectivity index (χ0) is 20.7. The number of alkyl halides is 3. The maximum atomic E-state index is 12.6. The number of rotatable bonds is 0. The summed E-state index contributed by atoms with van der Waals surface area (Å²) in [4.78, 5) is 0. The first-order valence-electron chi connectivity index (χ1n) is 9.03. The second-order valence-electron chi connectivity index (χ2n) is 5.93. The molecule has 0 aromatic heterocycles. The first-order chi connectivity index (χ1) is 13.3. The molecule has 2 aliphatic heterocycles. The van der Waals surface area contributed by atoms with Crippen LogP contribution in [0, 0.1) is 0 Å². The van der Waals surface area contributed by atoms with Crippen LogP contribution in [0.2, 0.25) is 0 Å². The Morgan fingerprint density at radius 3 is 2.25 bits per heavy atom. The van der Waals surface area contributed by atoms with Crippen molar-refractivity contribution >= 4 is 11.4 Å². The van der Waals surface area contributed by atoms with Gasteiger partial charge in [-0.1, -0.05) is 26.0 Å². The Bertz CT molecular complexity index is 757. The minimum absolute atomic E-state index is 0.184. The molecule has 2 unspecified atom stereocenters. The molecule has 2 atom stereocenters. The third-order valence-corrected chi connectivity index (χ3v) is 3.98. The molecule has 0 bridgehead atoms. The smallest absolute Gasteiger partial charge is 0.416 e. The molecule has 154 valence electrons. The van der Waals surface area contributed by atoms with Gasteiger partial charge in [0.25, 0.3) is 0 Å². The maximum Gasteiger partial charge on any atom is 0.416 e. The minimum Gasteiger partial charge on any atom is -0.453 e. The Hall–Kier alpha value is -2.29. The molecule has 0 saturated carbocycles. The number of halogens is 3. The van der Waals surface area contributed by atoms with Crippen molar-refractivity contribution in [3.05, 3.63) is 48.0 Å². The second kappa shape index (κ2) is 9.77. The molecular weight excluding hydrogens is 375 g/mol. The highest BCUT2D eigenvalue weighted by Crippen LogP contribution is 2.43. The Labute approximate surface area is 161 Å². The van der Waals surface area contributed by atoms with Crippen LogP contribution in [0.25, 0.3) is 0 Å². The third kappa shape index (κ3) is 5.60. The fraction of sp³-hybridized carbons (Fsp3) is 0.400. The first kappa shape index (κ1) is 22.0. The van der Waals surface area contributed by atoms with E-state index in [9.17, 15) is 13.2 Å². The Morgan fingerprint density at radius 2 is 1.64 bits per heavy atom. The van der Waals surface area contributed by atoms with Crippen LogP contribution in [0.3, 0.4) is 0 Å². The number of aliphatic hydroxyl groups is 2. The largest absolute Gasteiger partial charge is 0.453 e. The number of para-hydroxylation sites is 2. The van der Waals surface area contributed by atoms with Crippen molar-refractivity contribution in [3.8, 4) is 11.5 Å². The minimum atomic E-state index is -4.37. The number of benzene rings is 2. The zero-order valence-corrected chi connectivity index (χ0v) is 15.7. The molecule has 2 heterocycles. The van der Waals surface area contributed by atoms with Gasteiger partial charge in [-0.05, 0) is 36.8 Å². The number of nitrogens with one attached hydrogen (secondary N) is 1. The van der Waals surface area contributed by atoms with Gasteiger partial charge in [-0.2, -0.15) is 13.2 Å². The molecule has 1 fully saturated rings. The number of fused-ring (bicyclic) bond motifs is 2. The van der Waals surface area contributed by atoms with E-state index in [0.29, 0.717) is 24.5 Å². The summed E-state index contributed by atoms with van der Waals surface area (Å²) in [6, 6.07) is 10.5. The summed E-state index contributed by atoms with van der Waals surface area (Å²) in [5, 5.41) is 20.7. The van der Waals surface area contributed by atoms with Gasteiger partial charge < -0.3 is 25.0 Å². The molecule has 0 amide bonds. The third-order valence-electron chi connectivity index (χ3n) is 3.98. The highest BCUT2D eigenvalue weighted by molar-refractivity contribution is 5.75. The van der Waals surface area contributed by atoms with Gasteiger partial charge in [-0.25, -0.2) is 0 Å². The van der Waals surface area contributed by atoms with Crippen LogP contribution in [0.5, 0.6) is 11.5 Å². The molecule has 1 saturated heterocycles. The van der Waals surface area contributed by atoms with Crippen LogP contribution in [0.4, 0.5) is 24.5 Å². The van der Waals surface area contributed by atoms with Gasteiger partial charge in [-0.15, -0.1) is 0 Å². The average molecular weight is 399 g/mol. The normalized spacial score (nSPS) is 20.0. The molecule has 0 aliphatic carbocycles. The fourth-order valence-corrected chi connectivity index (χ4v) is 2.52. The van der Waals surface area contributed by atoms with E-state index in [1.54, 1.807) is 18.2 Å². The van der Waals surface area contributed by atoms with E-state index in [2.05, 4.69) is 5.32 Å². The van der Waals surface area contributed by atoms with E-state index < -0.39 is 23.9 Å². The lowest BCUT2D eigenvalue weighted by Gasteiger charge is -2.22. The Balaban J connectivity index is 0.000000236. The summed E-state index contributed by atoms with van der Waals surface area (Å²) < 4.78 is 48.0. The van der Waals surface area contributed by atoms with Gasteiger partial charge in [0.15, 0.2) is 11.5 Å². The molecule has 5 nitrogen and oxygen atoms in total. The summed E-state index contributed by atoms with van der Waals surface area (Å²) in [5.41, 5.74) is 0.550. The summed E-state index contributed by atoms with van der Waals surface area (Å²) >= 11 is 0. The number of ether oxygens (including phenoxy) is 2. The molecule has 0 spiro atoms. The van der Waals surface area contributed by atoms with Crippen molar-refractivity contribution < 1.29 is 32.9 Å². The van der Waals surface area contributed by atoms with Crippen molar-refractivity contribution in [1.82, 2.24) is 0 Å². The molecule has 3 N–H and O–H groups in total. The van der Waals surface area contributed by atoms with Gasteiger partial charge in [0.1, 0.15) is 6.10 Å². The van der Waals surface area contributed by atoms with Crippen LogP contribution >= 0.6 is 0 Å². The molecule has 4 rings (SSSR count). The van der Waals surface area contributed by atoms with E-state index in [-0.39, 0.29) is 12.4 Å². The lowest BCUT2D eigenvalue weighted by molar-refractivity contribution is -0.137. The van der Waals surface area contributed by atoms with Gasteiger partial charge in [0.05, 0.1) is 29.6 Å². The van der Waals surface area contributed by atoms with Crippen molar-refractivity contribution in [3.63, 3.8) is 0 Å². The number of hydrogen-bond donors (Lipinski definition) is 3. The average Bonchev–Trinajstić information content (AvgIpc) is 2.69. The lowest BCUT2D eigenvalue weighted by atomic mass is 10.1. The molecule has 28 heavy (non-hydrogen) atoms. The van der Waals surface area contributed by atoms with Crippen LogP contribution in [0.1, 0.15) is 25.8 Å². The van der Waals surface area contributed by atoms with E-state index in [4.69, 9.17) is 19.7 Å². The SMILES string of the molecule is CC.FC(F)(F)c1ccc2c(c1)Oc1ccccc1N2.OC1CCOCC1O. The van der Waals surface area contributed by atoms with Gasteiger partial charge in [-0.3, -0.25) is 0 Å². The quantitative estimate of drug-likeness (QED) is 0.511. The monoisotopic (exact) mass is 399 g/mol.